The Hall–Kier alpha value is -3.08. The Morgan fingerprint density at radius 2 is 1.96 bits per heavy atom. The average molecular weight is 349 g/mol. The number of nitrogens with zero attached hydrogens (tertiary/aromatic N) is 2. The van der Waals surface area contributed by atoms with E-state index in [0.717, 1.165) is 6.07 Å². The van der Waals surface area contributed by atoms with Gasteiger partial charge in [-0.05, 0) is 36.3 Å². The average Bonchev–Trinajstić information content (AvgIpc) is 2.57. The molecule has 1 heterocycles. The molecule has 0 atom stereocenters. The summed E-state index contributed by atoms with van der Waals surface area (Å²) in [5, 5.41) is 8.43. The topological polar surface area (TPSA) is 78.8 Å². The van der Waals surface area contributed by atoms with Crippen LogP contribution in [0, 0.1) is 11.3 Å². The molecule has 1 aromatic carbocycles. The Morgan fingerprint density at radius 1 is 1.24 bits per heavy atom. The molecule has 25 heavy (non-hydrogen) atoms. The number of halogens is 3. The normalized spacial score (nSPS) is 11.4. The predicted molar refractivity (Wildman–Crippen MR) is 85.6 cm³/mol. The smallest absolute Gasteiger partial charge is 0.431 e. The number of aromatic nitrogens is 2. The third kappa shape index (κ3) is 5.80. The second-order valence-electron chi connectivity index (χ2n) is 5.04. The van der Waals surface area contributed by atoms with E-state index in [9.17, 15) is 18.0 Å². The fraction of sp³-hybridized carbons (Fsp3) is 0.235. The molecule has 5 nitrogen and oxygen atoms in total. The quantitative estimate of drug-likeness (QED) is 0.808. The number of alkyl halides is 3. The molecule has 0 fully saturated rings. The highest BCUT2D eigenvalue weighted by Gasteiger charge is 2.32. The summed E-state index contributed by atoms with van der Waals surface area (Å²) in [5.74, 6) is 0.628. The third-order valence-corrected chi connectivity index (χ3v) is 3.10. The number of benzene rings is 1. The molecule has 0 bridgehead atoms. The predicted octanol–water partition coefficient (Wildman–Crippen LogP) is 3.64. The zero-order valence-corrected chi connectivity index (χ0v) is 13.0. The molecule has 0 aliphatic carbocycles. The van der Waals surface area contributed by atoms with E-state index in [0.29, 0.717) is 30.8 Å². The Bertz CT molecular complexity index is 834. The van der Waals surface area contributed by atoms with Gasteiger partial charge < -0.3 is 9.72 Å². The van der Waals surface area contributed by atoms with Crippen molar-refractivity contribution in [2.24, 2.45) is 0 Å². The first-order chi connectivity index (χ1) is 11.9. The first-order valence-corrected chi connectivity index (χ1v) is 7.35. The molecule has 8 heteroatoms. The molecule has 1 aromatic heterocycles. The van der Waals surface area contributed by atoms with Crippen molar-refractivity contribution in [2.75, 3.05) is 6.61 Å². The second kappa shape index (κ2) is 8.15. The first kappa shape index (κ1) is 18.3. The summed E-state index contributed by atoms with van der Waals surface area (Å²) >= 11 is 0. The Kier molecular flexibility index (Phi) is 5.95. The third-order valence-electron chi connectivity index (χ3n) is 3.10. The molecule has 0 amide bonds. The number of nitrogens with one attached hydrogen (secondary N) is 1. The molecule has 0 saturated carbocycles. The van der Waals surface area contributed by atoms with E-state index >= 15 is 0 Å². The van der Waals surface area contributed by atoms with Crippen molar-refractivity contribution < 1.29 is 17.9 Å². The van der Waals surface area contributed by atoms with Gasteiger partial charge >= 0.3 is 11.9 Å². The van der Waals surface area contributed by atoms with Crippen molar-refractivity contribution in [3.8, 4) is 11.8 Å². The number of hydrogen-bond acceptors (Lipinski definition) is 4. The number of aromatic amines is 1. The van der Waals surface area contributed by atoms with E-state index in [1.165, 1.54) is 6.08 Å². The molecule has 2 rings (SSSR count). The highest BCUT2D eigenvalue weighted by Crippen LogP contribution is 2.27. The highest BCUT2D eigenvalue weighted by atomic mass is 19.4. The maximum absolute atomic E-state index is 12.7. The number of nitriles is 1. The lowest BCUT2D eigenvalue weighted by Gasteiger charge is -2.06. The monoisotopic (exact) mass is 349 g/mol. The molecule has 0 radical (unpaired) electrons. The van der Waals surface area contributed by atoms with Gasteiger partial charge in [-0.3, -0.25) is 0 Å². The lowest BCUT2D eigenvalue weighted by Crippen LogP contribution is -2.19. The van der Waals surface area contributed by atoms with E-state index in [2.05, 4.69) is 4.98 Å². The minimum Gasteiger partial charge on any atom is -0.494 e. The first-order valence-electron chi connectivity index (χ1n) is 7.35. The van der Waals surface area contributed by atoms with Crippen LogP contribution >= 0.6 is 0 Å². The second-order valence-corrected chi connectivity index (χ2v) is 5.04. The van der Waals surface area contributed by atoms with Gasteiger partial charge in [-0.15, -0.1) is 0 Å². The number of hydrogen-bond donors (Lipinski definition) is 1. The molecule has 0 unspecified atom stereocenters. The van der Waals surface area contributed by atoms with Crippen LogP contribution in [-0.2, 0) is 6.18 Å². The fourth-order valence-electron chi connectivity index (χ4n) is 1.91. The van der Waals surface area contributed by atoms with Crippen LogP contribution in [0.25, 0.3) is 12.2 Å². The minimum atomic E-state index is -4.64. The summed E-state index contributed by atoms with van der Waals surface area (Å²) in [6.45, 7) is 0.430. The zero-order chi connectivity index (χ0) is 18.3. The van der Waals surface area contributed by atoms with Gasteiger partial charge in [-0.2, -0.15) is 23.4 Å². The molecule has 2 aromatic rings. The Labute approximate surface area is 141 Å². The number of H-pyrrole nitrogens is 1. The summed E-state index contributed by atoms with van der Waals surface area (Å²) in [4.78, 5) is 16.4. The molecule has 0 saturated heterocycles. The largest absolute Gasteiger partial charge is 0.494 e. The maximum atomic E-state index is 12.7. The van der Waals surface area contributed by atoms with E-state index in [4.69, 9.17) is 10.00 Å². The van der Waals surface area contributed by atoms with Crippen molar-refractivity contribution >= 4 is 12.2 Å². The van der Waals surface area contributed by atoms with Crippen LogP contribution in [-0.4, -0.2) is 16.6 Å². The lowest BCUT2D eigenvalue weighted by atomic mass is 10.2. The minimum absolute atomic E-state index is 0.0899. The number of ether oxygens (including phenoxy) is 1. The van der Waals surface area contributed by atoms with Crippen LogP contribution in [0.5, 0.6) is 5.75 Å². The highest BCUT2D eigenvalue weighted by molar-refractivity contribution is 5.68. The Morgan fingerprint density at radius 3 is 2.60 bits per heavy atom. The molecule has 130 valence electrons. The van der Waals surface area contributed by atoms with Crippen LogP contribution in [0.4, 0.5) is 13.2 Å². The van der Waals surface area contributed by atoms with E-state index in [-0.39, 0.29) is 5.69 Å². The fourth-order valence-corrected chi connectivity index (χ4v) is 1.91. The van der Waals surface area contributed by atoms with Gasteiger partial charge in [0.2, 0.25) is 0 Å². The molecular weight excluding hydrogens is 335 g/mol. The Balaban J connectivity index is 2.06. The molecule has 0 aliphatic rings. The van der Waals surface area contributed by atoms with Gasteiger partial charge in [-0.1, -0.05) is 18.2 Å². The van der Waals surface area contributed by atoms with Crippen molar-refractivity contribution in [3.63, 3.8) is 0 Å². The summed E-state index contributed by atoms with van der Waals surface area (Å²) < 4.78 is 43.4. The van der Waals surface area contributed by atoms with Crippen molar-refractivity contribution in [2.45, 2.75) is 19.0 Å². The van der Waals surface area contributed by atoms with E-state index < -0.39 is 17.6 Å². The standard InChI is InChI=1S/C17H14F3N3O2/c18-17(19,20)15-11-13(22-16(24)23-15)6-3-12-4-7-14(8-5-12)25-10-2-1-9-21/h3-8,11H,1-2,10H2,(H,22,23,24). The SMILES string of the molecule is N#CCCCOc1ccc(C=Cc2cc(C(F)(F)F)[nH]c(=O)n2)cc1. The van der Waals surface area contributed by atoms with Gasteiger partial charge in [-0.25, -0.2) is 4.79 Å². The van der Waals surface area contributed by atoms with Gasteiger partial charge in [0, 0.05) is 6.42 Å². The van der Waals surface area contributed by atoms with Gasteiger partial charge in [0.15, 0.2) is 0 Å². The number of rotatable bonds is 6. The van der Waals surface area contributed by atoms with Gasteiger partial charge in [0.05, 0.1) is 18.4 Å². The van der Waals surface area contributed by atoms with Gasteiger partial charge in [0.1, 0.15) is 11.4 Å². The molecule has 0 aliphatic heterocycles. The van der Waals surface area contributed by atoms with Crippen molar-refractivity contribution in [1.29, 1.82) is 5.26 Å². The lowest BCUT2D eigenvalue weighted by molar-refractivity contribution is -0.141. The number of unbranched alkanes of at least 4 members (excludes halogenated alkanes) is 1. The summed E-state index contributed by atoms with van der Waals surface area (Å²) in [7, 11) is 0. The van der Waals surface area contributed by atoms with Crippen LogP contribution in [0.15, 0.2) is 35.1 Å². The van der Waals surface area contributed by atoms with E-state index in [1.807, 2.05) is 6.07 Å². The van der Waals surface area contributed by atoms with Crippen LogP contribution < -0.4 is 10.4 Å². The summed E-state index contributed by atoms with van der Waals surface area (Å²) in [6, 6.07) is 9.64. The van der Waals surface area contributed by atoms with Crippen LogP contribution in [0.1, 0.15) is 29.8 Å². The van der Waals surface area contributed by atoms with Crippen molar-refractivity contribution in [3.05, 3.63) is 57.8 Å². The molecular formula is C17H14F3N3O2. The van der Waals surface area contributed by atoms with E-state index in [1.54, 1.807) is 35.3 Å². The van der Waals surface area contributed by atoms with Crippen LogP contribution in [0.3, 0.4) is 0 Å². The van der Waals surface area contributed by atoms with Crippen molar-refractivity contribution in [1.82, 2.24) is 9.97 Å². The molecule has 1 N–H and O–H groups in total. The molecule has 0 spiro atoms. The zero-order valence-electron chi connectivity index (χ0n) is 13.0. The maximum Gasteiger partial charge on any atom is 0.431 e. The summed E-state index contributed by atoms with van der Waals surface area (Å²) in [5.41, 5.74) is -1.59. The van der Waals surface area contributed by atoms with Crippen LogP contribution in [0.2, 0.25) is 0 Å². The van der Waals surface area contributed by atoms with Gasteiger partial charge in [0.25, 0.3) is 0 Å². The summed E-state index contributed by atoms with van der Waals surface area (Å²) in [6.07, 6.45) is -0.721.